The third-order valence-corrected chi connectivity index (χ3v) is 4.59. The standard InChI is InChI=1S/C12H10Cl3N5O3/c13-4-1-6-7(2-5(4)14)20(12(15)18-6)11-10(22)9(21)8(23-11)3-17-19-16/h1-2,8-11,21-22H,3H2/t8-,9-,10-,11?/m1/s1. The topological polar surface area (TPSA) is 116 Å². The first-order chi connectivity index (χ1) is 10.9. The number of ether oxygens (including phenoxy) is 1. The Bertz CT molecular complexity index is 807. The maximum Gasteiger partial charge on any atom is 0.206 e. The van der Waals surface area contributed by atoms with Crippen LogP contribution in [0.15, 0.2) is 17.2 Å². The van der Waals surface area contributed by atoms with Crippen molar-refractivity contribution in [1.29, 1.82) is 0 Å². The summed E-state index contributed by atoms with van der Waals surface area (Å²) in [6.07, 6.45) is -4.37. The molecular weight excluding hydrogens is 369 g/mol. The smallest absolute Gasteiger partial charge is 0.206 e. The molecule has 1 unspecified atom stereocenters. The molecule has 2 N–H and O–H groups in total. The van der Waals surface area contributed by atoms with Gasteiger partial charge in [0.05, 0.1) is 33.7 Å². The number of nitrogens with zero attached hydrogens (tertiary/aromatic N) is 5. The Morgan fingerprint density at radius 1 is 1.26 bits per heavy atom. The van der Waals surface area contributed by atoms with E-state index in [-0.39, 0.29) is 16.9 Å². The molecule has 3 rings (SSSR count). The van der Waals surface area contributed by atoms with Crippen LogP contribution in [0.1, 0.15) is 6.23 Å². The molecular formula is C12H10Cl3N5O3. The molecule has 0 radical (unpaired) electrons. The fourth-order valence-corrected chi connectivity index (χ4v) is 3.11. The van der Waals surface area contributed by atoms with Crippen LogP contribution in [0, 0.1) is 0 Å². The van der Waals surface area contributed by atoms with Crippen molar-refractivity contribution >= 4 is 45.8 Å². The van der Waals surface area contributed by atoms with Gasteiger partial charge in [0.1, 0.15) is 12.2 Å². The summed E-state index contributed by atoms with van der Waals surface area (Å²) in [5.74, 6) is 0. The highest BCUT2D eigenvalue weighted by Gasteiger charge is 2.44. The summed E-state index contributed by atoms with van der Waals surface area (Å²) in [5, 5.41) is 24.3. The molecule has 1 saturated heterocycles. The molecule has 1 fully saturated rings. The van der Waals surface area contributed by atoms with Gasteiger partial charge in [-0.2, -0.15) is 0 Å². The maximum atomic E-state index is 10.2. The van der Waals surface area contributed by atoms with E-state index in [4.69, 9.17) is 45.1 Å². The van der Waals surface area contributed by atoms with E-state index < -0.39 is 24.5 Å². The number of rotatable bonds is 3. The number of aliphatic hydroxyl groups excluding tert-OH is 2. The average Bonchev–Trinajstić information content (AvgIpc) is 2.95. The van der Waals surface area contributed by atoms with Gasteiger partial charge in [-0.3, -0.25) is 4.57 Å². The zero-order chi connectivity index (χ0) is 16.7. The van der Waals surface area contributed by atoms with Gasteiger partial charge in [-0.05, 0) is 29.3 Å². The van der Waals surface area contributed by atoms with Gasteiger partial charge in [-0.15, -0.1) is 0 Å². The number of imidazole rings is 1. The van der Waals surface area contributed by atoms with Crippen molar-refractivity contribution in [1.82, 2.24) is 9.55 Å². The molecule has 0 spiro atoms. The zero-order valence-corrected chi connectivity index (χ0v) is 13.6. The van der Waals surface area contributed by atoms with Crippen LogP contribution < -0.4 is 0 Å². The Balaban J connectivity index is 2.04. The molecule has 122 valence electrons. The van der Waals surface area contributed by atoms with Crippen LogP contribution in [0.5, 0.6) is 0 Å². The van der Waals surface area contributed by atoms with Crippen molar-refractivity contribution in [2.24, 2.45) is 5.11 Å². The lowest BCUT2D eigenvalue weighted by Crippen LogP contribution is -2.32. The summed E-state index contributed by atoms with van der Waals surface area (Å²) in [6.45, 7) is -0.123. The number of hydrogen-bond donors (Lipinski definition) is 2. The predicted molar refractivity (Wildman–Crippen MR) is 84.7 cm³/mol. The zero-order valence-electron chi connectivity index (χ0n) is 11.3. The average molecular weight is 379 g/mol. The Hall–Kier alpha value is -1.25. The minimum Gasteiger partial charge on any atom is -0.388 e. The fourth-order valence-electron chi connectivity index (χ4n) is 2.51. The molecule has 1 aromatic carbocycles. The van der Waals surface area contributed by atoms with E-state index in [1.54, 1.807) is 6.07 Å². The number of azide groups is 1. The lowest BCUT2D eigenvalue weighted by atomic mass is 10.1. The number of hydrogen-bond acceptors (Lipinski definition) is 5. The molecule has 11 heteroatoms. The largest absolute Gasteiger partial charge is 0.388 e. The normalized spacial score (nSPS) is 27.3. The number of benzene rings is 1. The highest BCUT2D eigenvalue weighted by atomic mass is 35.5. The SMILES string of the molecule is [N-]=[N+]=NC[C@H]1OC(n2c(Cl)nc3cc(Cl)c(Cl)cc32)[C@H](O)[C@@H]1O. The Morgan fingerprint density at radius 2 is 1.96 bits per heavy atom. The van der Waals surface area contributed by atoms with E-state index in [2.05, 4.69) is 15.0 Å². The van der Waals surface area contributed by atoms with E-state index in [0.717, 1.165) is 0 Å². The van der Waals surface area contributed by atoms with Crippen LogP contribution >= 0.6 is 34.8 Å². The maximum absolute atomic E-state index is 10.2. The summed E-state index contributed by atoms with van der Waals surface area (Å²) in [7, 11) is 0. The van der Waals surface area contributed by atoms with Crippen molar-refractivity contribution in [3.63, 3.8) is 0 Å². The van der Waals surface area contributed by atoms with Gasteiger partial charge in [0.2, 0.25) is 5.28 Å². The van der Waals surface area contributed by atoms with Crippen LogP contribution in [0.25, 0.3) is 21.5 Å². The number of aromatic nitrogens is 2. The van der Waals surface area contributed by atoms with E-state index in [0.29, 0.717) is 16.1 Å². The number of halogens is 3. The highest BCUT2D eigenvalue weighted by molar-refractivity contribution is 6.42. The van der Waals surface area contributed by atoms with Crippen LogP contribution in [0.3, 0.4) is 0 Å². The second-order valence-electron chi connectivity index (χ2n) is 4.97. The molecule has 4 atom stereocenters. The summed E-state index contributed by atoms with van der Waals surface area (Å²) in [5.41, 5.74) is 9.32. The molecule has 0 saturated carbocycles. The van der Waals surface area contributed by atoms with Gasteiger partial charge in [-0.25, -0.2) is 4.98 Å². The van der Waals surface area contributed by atoms with Gasteiger partial charge < -0.3 is 14.9 Å². The first-order valence-corrected chi connectivity index (χ1v) is 7.62. The minimum atomic E-state index is -1.28. The van der Waals surface area contributed by atoms with Crippen molar-refractivity contribution in [2.45, 2.75) is 24.5 Å². The van der Waals surface area contributed by atoms with E-state index >= 15 is 0 Å². The first kappa shape index (κ1) is 16.6. The van der Waals surface area contributed by atoms with E-state index in [1.807, 2.05) is 0 Å². The molecule has 1 aliphatic rings. The van der Waals surface area contributed by atoms with Crippen LogP contribution in [0.2, 0.25) is 15.3 Å². The van der Waals surface area contributed by atoms with Crippen molar-refractivity contribution < 1.29 is 14.9 Å². The molecule has 23 heavy (non-hydrogen) atoms. The van der Waals surface area contributed by atoms with E-state index in [9.17, 15) is 10.2 Å². The molecule has 0 bridgehead atoms. The fraction of sp³-hybridized carbons (Fsp3) is 0.417. The van der Waals surface area contributed by atoms with Crippen LogP contribution in [-0.2, 0) is 4.74 Å². The van der Waals surface area contributed by atoms with Gasteiger partial charge in [-0.1, -0.05) is 28.3 Å². The summed E-state index contributed by atoms with van der Waals surface area (Å²) < 4.78 is 6.99. The van der Waals surface area contributed by atoms with Crippen molar-refractivity contribution in [2.75, 3.05) is 6.54 Å². The first-order valence-electron chi connectivity index (χ1n) is 6.49. The molecule has 1 aliphatic heterocycles. The molecule has 8 nitrogen and oxygen atoms in total. The second-order valence-corrected chi connectivity index (χ2v) is 6.12. The van der Waals surface area contributed by atoms with Crippen molar-refractivity contribution in [3.05, 3.63) is 37.9 Å². The Kier molecular flexibility index (Phi) is 4.57. The third-order valence-electron chi connectivity index (χ3n) is 3.61. The summed E-state index contributed by atoms with van der Waals surface area (Å²) in [4.78, 5) is 6.75. The molecule has 0 amide bonds. The van der Waals surface area contributed by atoms with Gasteiger partial charge >= 0.3 is 0 Å². The van der Waals surface area contributed by atoms with Gasteiger partial charge in [0.15, 0.2) is 6.23 Å². The van der Waals surface area contributed by atoms with E-state index in [1.165, 1.54) is 10.6 Å². The Labute approximate surface area is 144 Å². The Morgan fingerprint density at radius 3 is 2.65 bits per heavy atom. The number of fused-ring (bicyclic) bond motifs is 1. The van der Waals surface area contributed by atoms with Crippen LogP contribution in [0.4, 0.5) is 0 Å². The lowest BCUT2D eigenvalue weighted by molar-refractivity contribution is -0.0316. The summed E-state index contributed by atoms with van der Waals surface area (Å²) >= 11 is 18.1. The molecule has 1 aromatic heterocycles. The second kappa shape index (κ2) is 6.33. The molecule has 0 aliphatic carbocycles. The third kappa shape index (κ3) is 2.83. The quantitative estimate of drug-likeness (QED) is 0.485. The van der Waals surface area contributed by atoms with Gasteiger partial charge in [0.25, 0.3) is 0 Å². The molecule has 2 heterocycles. The lowest BCUT2D eigenvalue weighted by Gasteiger charge is -2.18. The van der Waals surface area contributed by atoms with Crippen LogP contribution in [-0.4, -0.2) is 44.6 Å². The molecule has 2 aromatic rings. The monoisotopic (exact) mass is 377 g/mol. The predicted octanol–water partition coefficient (Wildman–Crippen LogP) is 2.93. The van der Waals surface area contributed by atoms with Gasteiger partial charge in [0, 0.05) is 4.91 Å². The van der Waals surface area contributed by atoms with Crippen molar-refractivity contribution in [3.8, 4) is 0 Å². The number of aliphatic hydroxyl groups is 2. The highest BCUT2D eigenvalue weighted by Crippen LogP contribution is 2.37. The minimum absolute atomic E-state index is 0.0408. The summed E-state index contributed by atoms with van der Waals surface area (Å²) in [6, 6.07) is 3.08.